The first-order valence-corrected chi connectivity index (χ1v) is 12.2. The van der Waals surface area contributed by atoms with E-state index in [2.05, 4.69) is 31.4 Å². The molecule has 0 heterocycles. The van der Waals surface area contributed by atoms with Gasteiger partial charge >= 0.3 is 0 Å². The lowest BCUT2D eigenvalue weighted by Crippen LogP contribution is -2.51. The van der Waals surface area contributed by atoms with Crippen molar-refractivity contribution >= 4 is 11.8 Å². The second-order valence-corrected chi connectivity index (χ2v) is 10.5. The van der Waals surface area contributed by atoms with Crippen LogP contribution < -0.4 is 29.6 Å². The summed E-state index contributed by atoms with van der Waals surface area (Å²) >= 11 is 0. The Morgan fingerprint density at radius 1 is 0.778 bits per heavy atom. The lowest BCUT2D eigenvalue weighted by Gasteiger charge is -2.47. The molecule has 0 spiro atoms. The summed E-state index contributed by atoms with van der Waals surface area (Å²) in [6.45, 7) is 6.95. The van der Waals surface area contributed by atoms with Crippen LogP contribution in [-0.2, 0) is 9.59 Å². The Bertz CT molecular complexity index is 1010. The first kappa shape index (κ1) is 27.2. The van der Waals surface area contributed by atoms with Crippen molar-refractivity contribution in [1.29, 1.82) is 0 Å². The van der Waals surface area contributed by atoms with Crippen molar-refractivity contribution in [3.63, 3.8) is 0 Å². The molecule has 1 saturated carbocycles. The number of ether oxygens (including phenoxy) is 4. The van der Waals surface area contributed by atoms with Crippen molar-refractivity contribution in [2.75, 3.05) is 34.0 Å². The summed E-state index contributed by atoms with van der Waals surface area (Å²) < 4.78 is 21.5. The monoisotopic (exact) mass is 498 g/mol. The summed E-state index contributed by atoms with van der Waals surface area (Å²) in [6, 6.07) is 14.2. The summed E-state index contributed by atoms with van der Waals surface area (Å²) in [6.07, 6.45) is 2.57. The van der Waals surface area contributed by atoms with Crippen molar-refractivity contribution in [2.45, 2.75) is 46.1 Å². The predicted octanol–water partition coefficient (Wildman–Crippen LogP) is 3.98. The molecule has 0 unspecified atom stereocenters. The Balaban J connectivity index is 1.47. The van der Waals surface area contributed by atoms with Gasteiger partial charge in [0.15, 0.2) is 13.2 Å². The zero-order chi connectivity index (χ0) is 26.2. The average molecular weight is 499 g/mol. The lowest BCUT2D eigenvalue weighted by molar-refractivity contribution is -0.126. The Labute approximate surface area is 213 Å². The fourth-order valence-electron chi connectivity index (χ4n) is 5.14. The number of rotatable bonds is 11. The van der Waals surface area contributed by atoms with E-state index in [0.717, 1.165) is 30.8 Å². The van der Waals surface area contributed by atoms with Crippen LogP contribution in [0.5, 0.6) is 23.0 Å². The van der Waals surface area contributed by atoms with Crippen molar-refractivity contribution < 1.29 is 28.5 Å². The zero-order valence-corrected chi connectivity index (χ0v) is 21.9. The molecule has 2 aromatic rings. The third-order valence-electron chi connectivity index (χ3n) is 6.38. The molecular weight excluding hydrogens is 460 g/mol. The maximum atomic E-state index is 12.6. The van der Waals surface area contributed by atoms with Gasteiger partial charge in [0.1, 0.15) is 23.0 Å². The molecule has 0 bridgehead atoms. The van der Waals surface area contributed by atoms with Crippen LogP contribution in [0.4, 0.5) is 0 Å². The van der Waals surface area contributed by atoms with Gasteiger partial charge in [-0.25, -0.2) is 0 Å². The molecule has 2 aromatic carbocycles. The molecule has 3 rings (SSSR count). The van der Waals surface area contributed by atoms with Gasteiger partial charge < -0.3 is 29.6 Å². The Kier molecular flexibility index (Phi) is 9.07. The van der Waals surface area contributed by atoms with Gasteiger partial charge in [-0.05, 0) is 78.6 Å². The molecule has 0 aromatic heterocycles. The number of carbonyl (C=O) groups is 2. The lowest BCUT2D eigenvalue weighted by atomic mass is 9.62. The maximum absolute atomic E-state index is 12.6. The fourth-order valence-corrected chi connectivity index (χ4v) is 5.14. The van der Waals surface area contributed by atoms with Gasteiger partial charge in [-0.3, -0.25) is 9.59 Å². The molecule has 1 aliphatic carbocycles. The molecule has 2 N–H and O–H groups in total. The minimum Gasteiger partial charge on any atom is -0.497 e. The van der Waals surface area contributed by atoms with Gasteiger partial charge in [0.05, 0.1) is 14.2 Å². The Morgan fingerprint density at radius 3 is 1.75 bits per heavy atom. The SMILES string of the molecule is COc1ccc(OCC(=O)NC[C@@]2(C)C[C@@H](NC(=O)COc3ccc(OC)cc3)CC(C)(C)C2)cc1. The summed E-state index contributed by atoms with van der Waals surface area (Å²) in [7, 11) is 3.20. The Morgan fingerprint density at radius 2 is 1.25 bits per heavy atom. The van der Waals surface area contributed by atoms with E-state index in [9.17, 15) is 9.59 Å². The predicted molar refractivity (Wildman–Crippen MR) is 138 cm³/mol. The Hall–Kier alpha value is -3.42. The molecule has 0 saturated heterocycles. The van der Waals surface area contributed by atoms with Gasteiger partial charge in [-0.15, -0.1) is 0 Å². The molecular formula is C28H38N2O6. The van der Waals surface area contributed by atoms with Crippen LogP contribution in [0.3, 0.4) is 0 Å². The van der Waals surface area contributed by atoms with Crippen LogP contribution in [0.2, 0.25) is 0 Å². The molecule has 0 radical (unpaired) electrons. The zero-order valence-electron chi connectivity index (χ0n) is 21.9. The van der Waals surface area contributed by atoms with Crippen LogP contribution in [0.25, 0.3) is 0 Å². The van der Waals surface area contributed by atoms with E-state index in [0.29, 0.717) is 18.0 Å². The minimum absolute atomic E-state index is 0.00170. The van der Waals surface area contributed by atoms with Crippen LogP contribution >= 0.6 is 0 Å². The highest BCUT2D eigenvalue weighted by atomic mass is 16.5. The van der Waals surface area contributed by atoms with E-state index < -0.39 is 0 Å². The normalized spacial score (nSPS) is 20.6. The second-order valence-electron chi connectivity index (χ2n) is 10.5. The highest BCUT2D eigenvalue weighted by Crippen LogP contribution is 2.45. The molecule has 0 aliphatic heterocycles. The van der Waals surface area contributed by atoms with Gasteiger partial charge in [-0.2, -0.15) is 0 Å². The summed E-state index contributed by atoms with van der Waals surface area (Å²) in [4.78, 5) is 25.1. The number of methoxy groups -OCH3 is 2. The largest absolute Gasteiger partial charge is 0.497 e. The molecule has 196 valence electrons. The van der Waals surface area contributed by atoms with Crippen molar-refractivity contribution in [2.24, 2.45) is 10.8 Å². The van der Waals surface area contributed by atoms with E-state index in [1.807, 2.05) is 0 Å². The van der Waals surface area contributed by atoms with Crippen LogP contribution in [0.1, 0.15) is 40.0 Å². The van der Waals surface area contributed by atoms with E-state index in [1.165, 1.54) is 0 Å². The number of nitrogens with one attached hydrogen (secondary N) is 2. The molecule has 2 atom stereocenters. The van der Waals surface area contributed by atoms with Gasteiger partial charge in [0, 0.05) is 12.6 Å². The van der Waals surface area contributed by atoms with Crippen LogP contribution in [0, 0.1) is 10.8 Å². The quantitative estimate of drug-likeness (QED) is 0.487. The molecule has 1 fully saturated rings. The van der Waals surface area contributed by atoms with Crippen molar-refractivity contribution in [3.05, 3.63) is 48.5 Å². The summed E-state index contributed by atoms with van der Waals surface area (Å²) in [5.74, 6) is 2.34. The number of hydrogen-bond donors (Lipinski definition) is 2. The number of carbonyl (C=O) groups excluding carboxylic acids is 2. The second kappa shape index (κ2) is 12.0. The minimum atomic E-state index is -0.177. The van der Waals surface area contributed by atoms with E-state index in [4.69, 9.17) is 18.9 Å². The molecule has 36 heavy (non-hydrogen) atoms. The molecule has 8 heteroatoms. The fraction of sp³-hybridized carbons (Fsp3) is 0.500. The molecule has 8 nitrogen and oxygen atoms in total. The highest BCUT2D eigenvalue weighted by Gasteiger charge is 2.41. The molecule has 1 aliphatic rings. The summed E-state index contributed by atoms with van der Waals surface area (Å²) in [5, 5.41) is 6.15. The van der Waals surface area contributed by atoms with E-state index in [1.54, 1.807) is 62.8 Å². The van der Waals surface area contributed by atoms with Crippen LogP contribution in [0.15, 0.2) is 48.5 Å². The van der Waals surface area contributed by atoms with Gasteiger partial charge in [0.2, 0.25) is 0 Å². The van der Waals surface area contributed by atoms with Crippen molar-refractivity contribution in [3.8, 4) is 23.0 Å². The average Bonchev–Trinajstić information content (AvgIpc) is 2.84. The maximum Gasteiger partial charge on any atom is 0.258 e. The first-order valence-electron chi connectivity index (χ1n) is 12.2. The highest BCUT2D eigenvalue weighted by molar-refractivity contribution is 5.78. The van der Waals surface area contributed by atoms with Crippen LogP contribution in [-0.4, -0.2) is 51.8 Å². The standard InChI is InChI=1S/C28H38N2O6/c1-27(2)14-20(30-26(32)17-36-24-12-8-22(34-5)9-13-24)15-28(3,18-27)19-29-25(31)16-35-23-10-6-21(33-4)7-11-23/h6-13,20H,14-19H2,1-5H3,(H,29,31)(H,30,32)/t20-,28-/m0/s1. The first-order chi connectivity index (χ1) is 17.1. The number of hydrogen-bond acceptors (Lipinski definition) is 6. The smallest absolute Gasteiger partial charge is 0.258 e. The van der Waals surface area contributed by atoms with E-state index in [-0.39, 0.29) is 41.9 Å². The number of amides is 2. The number of benzene rings is 2. The summed E-state index contributed by atoms with van der Waals surface area (Å²) in [5.41, 5.74) is -0.140. The van der Waals surface area contributed by atoms with Gasteiger partial charge in [0.25, 0.3) is 11.8 Å². The van der Waals surface area contributed by atoms with E-state index >= 15 is 0 Å². The topological polar surface area (TPSA) is 95.1 Å². The van der Waals surface area contributed by atoms with Gasteiger partial charge in [-0.1, -0.05) is 20.8 Å². The third kappa shape index (κ3) is 8.36. The molecule has 2 amide bonds. The third-order valence-corrected chi connectivity index (χ3v) is 6.38. The van der Waals surface area contributed by atoms with Crippen molar-refractivity contribution in [1.82, 2.24) is 10.6 Å².